The van der Waals surface area contributed by atoms with Gasteiger partial charge in [0, 0.05) is 36.3 Å². The lowest BCUT2D eigenvalue weighted by Gasteiger charge is -2.35. The first-order chi connectivity index (χ1) is 23.2. The van der Waals surface area contributed by atoms with Crippen LogP contribution in [0, 0.1) is 18.7 Å². The van der Waals surface area contributed by atoms with Gasteiger partial charge in [-0.15, -0.1) is 0 Å². The molecular formula is C38H42FN7O2. The molecule has 5 aromatic rings. The molecule has 0 radical (unpaired) electrons. The second kappa shape index (κ2) is 13.9. The summed E-state index contributed by atoms with van der Waals surface area (Å²) in [7, 11) is 1.88. The molecule has 4 heterocycles. The average molecular weight is 648 g/mol. The van der Waals surface area contributed by atoms with Crippen LogP contribution in [0.1, 0.15) is 59.4 Å². The Hall–Kier alpha value is -5.22. The summed E-state index contributed by atoms with van der Waals surface area (Å²) in [6.45, 7) is 12.7. The van der Waals surface area contributed by atoms with E-state index in [9.17, 15) is 9.18 Å². The van der Waals surface area contributed by atoms with Gasteiger partial charge in [0.1, 0.15) is 5.82 Å². The van der Waals surface area contributed by atoms with Gasteiger partial charge >= 0.3 is 0 Å². The number of benzene rings is 2. The van der Waals surface area contributed by atoms with Crippen LogP contribution in [0.25, 0.3) is 22.2 Å². The van der Waals surface area contributed by atoms with Crippen molar-refractivity contribution in [3.8, 4) is 17.3 Å². The SMILES string of the molecule is C=C/C(=C\NC)c1cc2[nH]c(C(=O)c3cnn(-c4cnc(Oc5ccccc5F)cc4C)c3N)cc2cc1CC1CCN(C(C)C)CC1. The van der Waals surface area contributed by atoms with Crippen molar-refractivity contribution in [1.29, 1.82) is 0 Å². The van der Waals surface area contributed by atoms with E-state index >= 15 is 0 Å². The first kappa shape index (κ1) is 32.7. The van der Waals surface area contributed by atoms with E-state index in [0.717, 1.165) is 60.0 Å². The Morgan fingerprint density at radius 3 is 2.62 bits per heavy atom. The minimum absolute atomic E-state index is 0.0759. The highest BCUT2D eigenvalue weighted by Gasteiger charge is 2.24. The van der Waals surface area contributed by atoms with Gasteiger partial charge < -0.3 is 25.7 Å². The van der Waals surface area contributed by atoms with E-state index < -0.39 is 5.82 Å². The molecule has 248 valence electrons. The first-order valence-corrected chi connectivity index (χ1v) is 16.3. The fourth-order valence-corrected chi connectivity index (χ4v) is 6.49. The summed E-state index contributed by atoms with van der Waals surface area (Å²) in [5, 5.41) is 8.53. The number of para-hydroxylation sites is 1. The van der Waals surface area contributed by atoms with E-state index in [-0.39, 0.29) is 28.8 Å². The van der Waals surface area contributed by atoms with Gasteiger partial charge in [0.05, 0.1) is 29.3 Å². The quantitative estimate of drug-likeness (QED) is 0.103. The number of nitrogens with two attached hydrogens (primary N) is 1. The molecule has 0 spiro atoms. The number of ether oxygens (including phenoxy) is 1. The molecule has 9 nitrogen and oxygen atoms in total. The molecule has 0 amide bonds. The van der Waals surface area contributed by atoms with Crippen molar-refractivity contribution in [2.24, 2.45) is 5.92 Å². The molecular weight excluding hydrogens is 605 g/mol. The number of halogens is 1. The zero-order valence-corrected chi connectivity index (χ0v) is 27.9. The summed E-state index contributed by atoms with van der Waals surface area (Å²) in [6, 6.07) is 14.6. The van der Waals surface area contributed by atoms with Gasteiger partial charge in [-0.05, 0) is 112 Å². The van der Waals surface area contributed by atoms with Gasteiger partial charge in [0.15, 0.2) is 11.6 Å². The molecule has 48 heavy (non-hydrogen) atoms. The Kier molecular flexibility index (Phi) is 9.45. The summed E-state index contributed by atoms with van der Waals surface area (Å²) < 4.78 is 21.2. The lowest BCUT2D eigenvalue weighted by Crippen LogP contribution is -2.38. The first-order valence-electron chi connectivity index (χ1n) is 16.3. The number of nitrogen functional groups attached to an aromatic ring is 1. The number of allylic oxidation sites excluding steroid dienone is 2. The van der Waals surface area contributed by atoms with Crippen molar-refractivity contribution in [3.63, 3.8) is 0 Å². The van der Waals surface area contributed by atoms with Crippen LogP contribution in [0.4, 0.5) is 10.2 Å². The van der Waals surface area contributed by atoms with Crippen LogP contribution >= 0.6 is 0 Å². The molecule has 1 fully saturated rings. The monoisotopic (exact) mass is 647 g/mol. The lowest BCUT2D eigenvalue weighted by atomic mass is 9.86. The van der Waals surface area contributed by atoms with E-state index in [2.05, 4.69) is 57.8 Å². The van der Waals surface area contributed by atoms with Crippen molar-refractivity contribution >= 4 is 28.1 Å². The maximum Gasteiger partial charge on any atom is 0.219 e. The Balaban J connectivity index is 1.27. The number of H-pyrrole nitrogens is 1. The summed E-state index contributed by atoms with van der Waals surface area (Å²) in [6.07, 6.45) is 10.1. The van der Waals surface area contributed by atoms with E-state index in [1.54, 1.807) is 18.2 Å². The number of carbonyl (C=O) groups is 1. The molecule has 0 unspecified atom stereocenters. The Morgan fingerprint density at radius 2 is 1.94 bits per heavy atom. The second-order valence-electron chi connectivity index (χ2n) is 12.7. The van der Waals surface area contributed by atoms with Crippen LogP contribution in [-0.4, -0.2) is 56.6 Å². The van der Waals surface area contributed by atoms with Crippen molar-refractivity contribution in [2.45, 2.75) is 46.1 Å². The second-order valence-corrected chi connectivity index (χ2v) is 12.7. The van der Waals surface area contributed by atoms with Crippen LogP contribution in [0.5, 0.6) is 11.6 Å². The van der Waals surface area contributed by atoms with E-state index in [0.29, 0.717) is 23.3 Å². The molecule has 0 aliphatic carbocycles. The topological polar surface area (TPSA) is 114 Å². The average Bonchev–Trinajstić information content (AvgIpc) is 3.67. The molecule has 6 rings (SSSR count). The molecule has 0 saturated carbocycles. The molecule has 4 N–H and O–H groups in total. The fourth-order valence-electron chi connectivity index (χ4n) is 6.49. The fraction of sp³-hybridized carbons (Fsp3) is 0.289. The van der Waals surface area contributed by atoms with Crippen LogP contribution in [-0.2, 0) is 6.42 Å². The molecule has 3 aromatic heterocycles. The third-order valence-corrected chi connectivity index (χ3v) is 9.20. The Bertz CT molecular complexity index is 2000. The number of piperidine rings is 1. The number of aromatic amines is 1. The third-order valence-electron chi connectivity index (χ3n) is 9.20. The highest BCUT2D eigenvalue weighted by molar-refractivity contribution is 6.12. The summed E-state index contributed by atoms with van der Waals surface area (Å²) >= 11 is 0. The third kappa shape index (κ3) is 6.61. The Labute approximate surface area is 280 Å². The zero-order valence-electron chi connectivity index (χ0n) is 27.9. The van der Waals surface area contributed by atoms with Crippen molar-refractivity contribution in [3.05, 3.63) is 114 Å². The minimum atomic E-state index is -0.483. The van der Waals surface area contributed by atoms with Crippen LogP contribution < -0.4 is 15.8 Å². The molecule has 2 aromatic carbocycles. The Morgan fingerprint density at radius 1 is 1.17 bits per heavy atom. The highest BCUT2D eigenvalue weighted by Crippen LogP contribution is 2.33. The van der Waals surface area contributed by atoms with Crippen molar-refractivity contribution < 1.29 is 13.9 Å². The summed E-state index contributed by atoms with van der Waals surface area (Å²) in [5.41, 5.74) is 12.7. The molecule has 1 saturated heterocycles. The molecule has 0 bridgehead atoms. The number of hydrogen-bond acceptors (Lipinski definition) is 7. The van der Waals surface area contributed by atoms with Gasteiger partial charge in [-0.1, -0.05) is 24.8 Å². The lowest BCUT2D eigenvalue weighted by molar-refractivity contribution is 0.103. The predicted octanol–water partition coefficient (Wildman–Crippen LogP) is 7.21. The molecule has 0 atom stereocenters. The van der Waals surface area contributed by atoms with Gasteiger partial charge in [0.25, 0.3) is 0 Å². The van der Waals surface area contributed by atoms with E-state index in [4.69, 9.17) is 10.5 Å². The number of fused-ring (bicyclic) bond motifs is 1. The van der Waals surface area contributed by atoms with Crippen LogP contribution in [0.2, 0.25) is 0 Å². The maximum atomic E-state index is 14.1. The van der Waals surface area contributed by atoms with Crippen LogP contribution in [0.15, 0.2) is 79.8 Å². The van der Waals surface area contributed by atoms with Gasteiger partial charge in [-0.2, -0.15) is 5.10 Å². The number of likely N-dealkylation sites (tertiary alicyclic amines) is 1. The number of aryl methyl sites for hydroxylation is 1. The maximum absolute atomic E-state index is 14.1. The number of carbonyl (C=O) groups excluding carboxylic acids is 1. The normalized spacial score (nSPS) is 14.5. The molecule has 1 aliphatic heterocycles. The number of rotatable bonds is 11. The minimum Gasteiger partial charge on any atom is -0.436 e. The van der Waals surface area contributed by atoms with Crippen molar-refractivity contribution in [1.82, 2.24) is 30.0 Å². The number of aromatic nitrogens is 4. The number of anilines is 1. The number of hydrogen-bond donors (Lipinski definition) is 3. The smallest absolute Gasteiger partial charge is 0.219 e. The standard InChI is InChI=1S/C38H42FN7O2/c1-6-26(20-41-5)29-19-32-28(17-27(29)16-25-11-13-45(14-12-25)23(2)3)18-33(44-32)37(47)30-21-43-46(38(30)40)34-22-42-36(15-24(34)4)48-35-10-8-7-9-31(35)39/h6-10,15,17-23,25,41,44H,1,11-14,16,40H2,2-5H3/b26-20+. The summed E-state index contributed by atoms with van der Waals surface area (Å²) in [5.74, 6) is 0.325. The van der Waals surface area contributed by atoms with E-state index in [1.165, 1.54) is 34.8 Å². The van der Waals surface area contributed by atoms with E-state index in [1.807, 2.05) is 32.3 Å². The van der Waals surface area contributed by atoms with Gasteiger partial charge in [-0.3, -0.25) is 4.79 Å². The predicted molar refractivity (Wildman–Crippen MR) is 189 cm³/mol. The molecule has 10 heteroatoms. The van der Waals surface area contributed by atoms with Gasteiger partial charge in [0.2, 0.25) is 11.7 Å². The summed E-state index contributed by atoms with van der Waals surface area (Å²) in [4.78, 5) is 24.0. The largest absolute Gasteiger partial charge is 0.436 e. The number of pyridine rings is 1. The number of nitrogens with one attached hydrogen (secondary N) is 2. The van der Waals surface area contributed by atoms with Gasteiger partial charge in [-0.25, -0.2) is 14.1 Å². The highest BCUT2D eigenvalue weighted by atomic mass is 19.1. The number of ketones is 1. The zero-order chi connectivity index (χ0) is 33.9. The van der Waals surface area contributed by atoms with Crippen molar-refractivity contribution in [2.75, 3.05) is 25.9 Å². The number of nitrogens with zero attached hydrogens (tertiary/aromatic N) is 4. The molecule has 1 aliphatic rings. The van der Waals surface area contributed by atoms with Crippen LogP contribution in [0.3, 0.4) is 0 Å².